The topological polar surface area (TPSA) is 59.3 Å². The molecule has 3 heterocycles. The zero-order chi connectivity index (χ0) is 17.9. The monoisotopic (exact) mass is 342 g/mol. The Morgan fingerprint density at radius 3 is 2.58 bits per heavy atom. The zero-order valence-corrected chi connectivity index (χ0v) is 14.4. The van der Waals surface area contributed by atoms with Gasteiger partial charge in [-0.3, -0.25) is 14.2 Å². The van der Waals surface area contributed by atoms with Crippen molar-refractivity contribution in [1.82, 2.24) is 14.4 Å². The number of hydrogen-bond donors (Lipinski definition) is 1. The van der Waals surface area contributed by atoms with E-state index in [1.54, 1.807) is 29.1 Å². The summed E-state index contributed by atoms with van der Waals surface area (Å²) in [7, 11) is 0. The second-order valence-electron chi connectivity index (χ2n) is 5.97. The zero-order valence-electron chi connectivity index (χ0n) is 14.4. The predicted octanol–water partition coefficient (Wildman–Crippen LogP) is 4.06. The lowest BCUT2D eigenvalue weighted by molar-refractivity contribution is 1.05. The quantitative estimate of drug-likeness (QED) is 0.607. The molecular formula is C21H18N4O. The molecule has 0 aliphatic heterocycles. The second-order valence-corrected chi connectivity index (χ2v) is 5.97. The van der Waals surface area contributed by atoms with Gasteiger partial charge in [0.2, 0.25) is 0 Å². The minimum atomic E-state index is -0.116. The Balaban J connectivity index is 1.88. The van der Waals surface area contributed by atoms with Crippen molar-refractivity contribution in [3.63, 3.8) is 0 Å². The van der Waals surface area contributed by atoms with Crippen molar-refractivity contribution in [3.8, 4) is 11.3 Å². The molecule has 0 bridgehead atoms. The number of pyridine rings is 2. The first kappa shape index (κ1) is 16.0. The number of fused-ring (bicyclic) bond motifs is 1. The fourth-order valence-electron chi connectivity index (χ4n) is 2.99. The summed E-state index contributed by atoms with van der Waals surface area (Å²) >= 11 is 0. The molecule has 1 aromatic carbocycles. The molecule has 0 spiro atoms. The average molecular weight is 342 g/mol. The first-order valence-corrected chi connectivity index (χ1v) is 8.54. The fourth-order valence-corrected chi connectivity index (χ4v) is 2.99. The Bertz CT molecular complexity index is 1120. The maximum absolute atomic E-state index is 12.6. The molecule has 0 fully saturated rings. The molecule has 0 radical (unpaired) electrons. The van der Waals surface area contributed by atoms with Crippen LogP contribution in [0.3, 0.4) is 0 Å². The van der Waals surface area contributed by atoms with Crippen LogP contribution in [0.5, 0.6) is 0 Å². The lowest BCUT2D eigenvalue weighted by atomic mass is 10.1. The van der Waals surface area contributed by atoms with E-state index in [4.69, 9.17) is 4.98 Å². The molecule has 3 aromatic heterocycles. The van der Waals surface area contributed by atoms with Crippen molar-refractivity contribution in [2.24, 2.45) is 0 Å². The Morgan fingerprint density at radius 1 is 1.00 bits per heavy atom. The molecule has 0 atom stereocenters. The molecule has 4 rings (SSSR count). The van der Waals surface area contributed by atoms with Gasteiger partial charge < -0.3 is 5.32 Å². The van der Waals surface area contributed by atoms with Crippen LogP contribution >= 0.6 is 0 Å². The van der Waals surface area contributed by atoms with Crippen LogP contribution in [0.4, 0.5) is 11.4 Å². The highest BCUT2D eigenvalue weighted by atomic mass is 16.1. The van der Waals surface area contributed by atoms with Gasteiger partial charge in [0.15, 0.2) is 5.65 Å². The number of nitrogens with one attached hydrogen (secondary N) is 1. The van der Waals surface area contributed by atoms with Gasteiger partial charge in [0.1, 0.15) is 0 Å². The summed E-state index contributed by atoms with van der Waals surface area (Å²) in [4.78, 5) is 21.3. The van der Waals surface area contributed by atoms with Crippen LogP contribution < -0.4 is 10.9 Å². The standard InChI is InChI=1S/C21H18N4O/c1-2-15-6-3-4-7-17(15)23-18-8-5-13-25-20(26)14-19(24-21(18)25)16-9-11-22-12-10-16/h3-14,23H,2H2,1H3. The van der Waals surface area contributed by atoms with Crippen molar-refractivity contribution in [2.75, 3.05) is 5.32 Å². The van der Waals surface area contributed by atoms with Gasteiger partial charge in [0, 0.05) is 35.9 Å². The largest absolute Gasteiger partial charge is 0.352 e. The Labute approximate surface area is 151 Å². The maximum Gasteiger partial charge on any atom is 0.258 e. The minimum absolute atomic E-state index is 0.116. The van der Waals surface area contributed by atoms with E-state index in [1.807, 2.05) is 42.5 Å². The number of hydrogen-bond acceptors (Lipinski definition) is 4. The van der Waals surface area contributed by atoms with Crippen molar-refractivity contribution < 1.29 is 0 Å². The van der Waals surface area contributed by atoms with E-state index in [2.05, 4.69) is 23.3 Å². The SMILES string of the molecule is CCc1ccccc1Nc1cccn2c(=O)cc(-c3ccncc3)nc12. The summed E-state index contributed by atoms with van der Waals surface area (Å²) in [6.07, 6.45) is 6.04. The minimum Gasteiger partial charge on any atom is -0.352 e. The first-order valence-electron chi connectivity index (χ1n) is 8.54. The third kappa shape index (κ3) is 2.95. The van der Waals surface area contributed by atoms with Crippen molar-refractivity contribution >= 4 is 17.0 Å². The molecule has 0 amide bonds. The number of rotatable bonds is 4. The molecule has 26 heavy (non-hydrogen) atoms. The molecule has 4 aromatic rings. The van der Waals surface area contributed by atoms with Gasteiger partial charge in [-0.05, 0) is 42.3 Å². The highest BCUT2D eigenvalue weighted by molar-refractivity contribution is 5.76. The number of aryl methyl sites for hydroxylation is 1. The van der Waals surface area contributed by atoms with E-state index in [-0.39, 0.29) is 5.56 Å². The second kappa shape index (κ2) is 6.80. The number of aromatic nitrogens is 3. The first-order chi connectivity index (χ1) is 12.8. The highest BCUT2D eigenvalue weighted by Gasteiger charge is 2.09. The average Bonchev–Trinajstić information content (AvgIpc) is 2.69. The fraction of sp³-hybridized carbons (Fsp3) is 0.0952. The van der Waals surface area contributed by atoms with E-state index in [1.165, 1.54) is 5.56 Å². The van der Waals surface area contributed by atoms with Gasteiger partial charge in [-0.1, -0.05) is 25.1 Å². The van der Waals surface area contributed by atoms with Crippen LogP contribution in [-0.2, 0) is 6.42 Å². The van der Waals surface area contributed by atoms with E-state index < -0.39 is 0 Å². The summed E-state index contributed by atoms with van der Waals surface area (Å²) < 4.78 is 1.56. The van der Waals surface area contributed by atoms with Gasteiger partial charge in [0.05, 0.1) is 11.4 Å². The van der Waals surface area contributed by atoms with Crippen molar-refractivity contribution in [1.29, 1.82) is 0 Å². The Morgan fingerprint density at radius 2 is 1.77 bits per heavy atom. The van der Waals surface area contributed by atoms with Gasteiger partial charge in [-0.25, -0.2) is 4.98 Å². The number of nitrogens with zero attached hydrogens (tertiary/aromatic N) is 3. The summed E-state index contributed by atoms with van der Waals surface area (Å²) in [5.74, 6) is 0. The van der Waals surface area contributed by atoms with E-state index in [9.17, 15) is 4.79 Å². The van der Waals surface area contributed by atoms with E-state index in [0.717, 1.165) is 23.4 Å². The summed E-state index contributed by atoms with van der Waals surface area (Å²) in [5, 5.41) is 3.44. The van der Waals surface area contributed by atoms with Gasteiger partial charge in [0.25, 0.3) is 5.56 Å². The van der Waals surface area contributed by atoms with Crippen molar-refractivity contribution in [3.05, 3.63) is 89.1 Å². The van der Waals surface area contributed by atoms with E-state index >= 15 is 0 Å². The van der Waals surface area contributed by atoms with Gasteiger partial charge in [-0.2, -0.15) is 0 Å². The highest BCUT2D eigenvalue weighted by Crippen LogP contribution is 2.25. The van der Waals surface area contributed by atoms with Gasteiger partial charge >= 0.3 is 0 Å². The lowest BCUT2D eigenvalue weighted by Gasteiger charge is -2.13. The Kier molecular flexibility index (Phi) is 4.19. The molecule has 5 nitrogen and oxygen atoms in total. The Hall–Kier alpha value is -3.47. The maximum atomic E-state index is 12.6. The normalized spacial score (nSPS) is 10.8. The van der Waals surface area contributed by atoms with Crippen LogP contribution in [0.25, 0.3) is 16.9 Å². The van der Waals surface area contributed by atoms with Crippen LogP contribution in [-0.4, -0.2) is 14.4 Å². The molecule has 0 saturated carbocycles. The lowest BCUT2D eigenvalue weighted by Crippen LogP contribution is -2.15. The molecule has 128 valence electrons. The molecule has 5 heteroatoms. The van der Waals surface area contributed by atoms with Crippen LogP contribution in [0.15, 0.2) is 78.0 Å². The van der Waals surface area contributed by atoms with Crippen molar-refractivity contribution in [2.45, 2.75) is 13.3 Å². The molecule has 0 aliphatic rings. The third-order valence-corrected chi connectivity index (χ3v) is 4.33. The third-order valence-electron chi connectivity index (χ3n) is 4.33. The summed E-state index contributed by atoms with van der Waals surface area (Å²) in [6, 6.07) is 17.2. The molecule has 0 aliphatic carbocycles. The van der Waals surface area contributed by atoms with E-state index in [0.29, 0.717) is 11.3 Å². The molecule has 0 saturated heterocycles. The van der Waals surface area contributed by atoms with Crippen LogP contribution in [0.1, 0.15) is 12.5 Å². The van der Waals surface area contributed by atoms with Gasteiger partial charge in [-0.15, -0.1) is 0 Å². The number of benzene rings is 1. The molecular weight excluding hydrogens is 324 g/mol. The molecule has 1 N–H and O–H groups in total. The number of anilines is 2. The van der Waals surface area contributed by atoms with Crippen LogP contribution in [0, 0.1) is 0 Å². The number of para-hydroxylation sites is 1. The van der Waals surface area contributed by atoms with Crippen LogP contribution in [0.2, 0.25) is 0 Å². The smallest absolute Gasteiger partial charge is 0.258 e. The summed E-state index contributed by atoms with van der Waals surface area (Å²) in [5.41, 5.74) is 5.00. The molecule has 0 unspecified atom stereocenters. The summed E-state index contributed by atoms with van der Waals surface area (Å²) in [6.45, 7) is 2.12. The predicted molar refractivity (Wildman–Crippen MR) is 104 cm³/mol.